The Balaban J connectivity index is 2.56. The molecule has 0 aliphatic heterocycles. The molecule has 1 aromatic rings. The van der Waals surface area contributed by atoms with E-state index in [9.17, 15) is 4.79 Å². The van der Waals surface area contributed by atoms with E-state index in [4.69, 9.17) is 10.5 Å². The van der Waals surface area contributed by atoms with Gasteiger partial charge >= 0.3 is 6.09 Å². The predicted molar refractivity (Wildman–Crippen MR) is 91.0 cm³/mol. The van der Waals surface area contributed by atoms with Crippen LogP contribution in [0.4, 0.5) is 4.79 Å². The molecule has 0 heterocycles. The number of allylic oxidation sites excluding steroid dienone is 1. The van der Waals surface area contributed by atoms with Crippen LogP contribution in [-0.4, -0.2) is 31.5 Å². The predicted octanol–water partition coefficient (Wildman–Crippen LogP) is 2.75. The molecule has 0 atom stereocenters. The van der Waals surface area contributed by atoms with Gasteiger partial charge in [0.2, 0.25) is 0 Å². The average Bonchev–Trinajstić information content (AvgIpc) is 2.43. The first-order chi connectivity index (χ1) is 10.3. The van der Waals surface area contributed by atoms with Gasteiger partial charge in [0.15, 0.2) is 0 Å². The number of benzene rings is 1. The number of nitrogens with zero attached hydrogens (tertiary/aromatic N) is 1. The third-order valence-electron chi connectivity index (χ3n) is 2.75. The first-order valence-corrected chi connectivity index (χ1v) is 7.26. The van der Waals surface area contributed by atoms with Gasteiger partial charge in [-0.05, 0) is 50.5 Å². The van der Waals surface area contributed by atoms with Crippen molar-refractivity contribution in [3.05, 3.63) is 41.5 Å². The molecule has 1 aromatic carbocycles. The highest BCUT2D eigenvalue weighted by Crippen LogP contribution is 2.12. The van der Waals surface area contributed by atoms with Crippen LogP contribution in [-0.2, 0) is 11.2 Å². The maximum atomic E-state index is 11.6. The van der Waals surface area contributed by atoms with Gasteiger partial charge in [-0.3, -0.25) is 4.99 Å². The van der Waals surface area contributed by atoms with Gasteiger partial charge in [0, 0.05) is 25.5 Å². The van der Waals surface area contributed by atoms with Crippen LogP contribution in [0.5, 0.6) is 0 Å². The summed E-state index contributed by atoms with van der Waals surface area (Å²) in [7, 11) is 1.70. The Morgan fingerprint density at radius 1 is 1.41 bits per heavy atom. The molecule has 0 fully saturated rings. The van der Waals surface area contributed by atoms with Gasteiger partial charge in [0.1, 0.15) is 5.60 Å². The smallest absolute Gasteiger partial charge is 0.407 e. The van der Waals surface area contributed by atoms with Crippen LogP contribution in [0.15, 0.2) is 35.3 Å². The molecule has 1 rings (SSSR count). The number of alkyl carbamates (subject to hydrolysis) is 1. The third kappa shape index (κ3) is 6.92. The van der Waals surface area contributed by atoms with Crippen molar-refractivity contribution in [2.45, 2.75) is 32.8 Å². The number of nitrogens with two attached hydrogens (primary N) is 1. The van der Waals surface area contributed by atoms with Crippen molar-refractivity contribution < 1.29 is 9.53 Å². The number of hydrogen-bond donors (Lipinski definition) is 2. The maximum absolute atomic E-state index is 11.6. The van der Waals surface area contributed by atoms with Gasteiger partial charge in [-0.1, -0.05) is 18.2 Å². The SMILES string of the molecule is CN=CC=C(N)c1cccc(CCNC(=O)OC(C)(C)C)c1. The highest BCUT2D eigenvalue weighted by molar-refractivity contribution is 5.83. The Labute approximate surface area is 132 Å². The molecule has 120 valence electrons. The molecule has 0 saturated carbocycles. The van der Waals surface area contributed by atoms with Gasteiger partial charge < -0.3 is 15.8 Å². The minimum Gasteiger partial charge on any atom is -0.444 e. The van der Waals surface area contributed by atoms with Crippen LogP contribution in [0.2, 0.25) is 0 Å². The lowest BCUT2D eigenvalue weighted by Gasteiger charge is -2.19. The normalized spacial score (nSPS) is 12.5. The monoisotopic (exact) mass is 303 g/mol. The highest BCUT2D eigenvalue weighted by atomic mass is 16.6. The molecule has 0 unspecified atom stereocenters. The molecule has 3 N–H and O–H groups in total. The van der Waals surface area contributed by atoms with Crippen molar-refractivity contribution in [3.63, 3.8) is 0 Å². The first-order valence-electron chi connectivity index (χ1n) is 7.26. The number of carbonyl (C=O) groups is 1. The zero-order chi connectivity index (χ0) is 16.6. The molecule has 0 spiro atoms. The van der Waals surface area contributed by atoms with E-state index >= 15 is 0 Å². The summed E-state index contributed by atoms with van der Waals surface area (Å²) in [6, 6.07) is 7.90. The van der Waals surface area contributed by atoms with Gasteiger partial charge in [-0.15, -0.1) is 0 Å². The second-order valence-corrected chi connectivity index (χ2v) is 5.91. The Morgan fingerprint density at radius 2 is 2.14 bits per heavy atom. The van der Waals surface area contributed by atoms with E-state index in [2.05, 4.69) is 10.3 Å². The number of hydrogen-bond acceptors (Lipinski definition) is 4. The fourth-order valence-corrected chi connectivity index (χ4v) is 1.78. The summed E-state index contributed by atoms with van der Waals surface area (Å²) in [5, 5.41) is 2.74. The standard InChI is InChI=1S/C17H25N3O2/c1-17(2,3)22-16(21)20-11-8-13-6-5-7-14(12-13)15(18)9-10-19-4/h5-7,9-10,12H,8,11,18H2,1-4H3,(H,20,21). The Bertz CT molecular complexity index is 557. The number of aliphatic imine (C=N–C) groups is 1. The number of rotatable bonds is 5. The summed E-state index contributed by atoms with van der Waals surface area (Å²) in [6.45, 7) is 6.03. The van der Waals surface area contributed by atoms with Gasteiger partial charge in [0.05, 0.1) is 0 Å². The summed E-state index contributed by atoms with van der Waals surface area (Å²) in [4.78, 5) is 15.4. The van der Waals surface area contributed by atoms with Crippen molar-refractivity contribution in [1.29, 1.82) is 0 Å². The number of carbonyl (C=O) groups excluding carboxylic acids is 1. The van der Waals surface area contributed by atoms with E-state index in [-0.39, 0.29) is 0 Å². The largest absolute Gasteiger partial charge is 0.444 e. The van der Waals surface area contributed by atoms with Crippen LogP contribution >= 0.6 is 0 Å². The van der Waals surface area contributed by atoms with Gasteiger partial charge in [0.25, 0.3) is 0 Å². The zero-order valence-electron chi connectivity index (χ0n) is 13.7. The quantitative estimate of drug-likeness (QED) is 0.821. The summed E-state index contributed by atoms with van der Waals surface area (Å²) in [5.41, 5.74) is 8.19. The first kappa shape index (κ1) is 17.8. The Morgan fingerprint density at radius 3 is 2.77 bits per heavy atom. The van der Waals surface area contributed by atoms with Crippen LogP contribution in [0.3, 0.4) is 0 Å². The molecule has 5 heteroatoms. The molecular weight excluding hydrogens is 278 g/mol. The second kappa shape index (κ2) is 8.22. The molecule has 5 nitrogen and oxygen atoms in total. The Kier molecular flexibility index (Phi) is 6.63. The van der Waals surface area contributed by atoms with Gasteiger partial charge in [-0.2, -0.15) is 0 Å². The minimum absolute atomic E-state index is 0.401. The fourth-order valence-electron chi connectivity index (χ4n) is 1.78. The lowest BCUT2D eigenvalue weighted by Crippen LogP contribution is -2.33. The summed E-state index contributed by atoms with van der Waals surface area (Å²) in [5.74, 6) is 0. The molecule has 22 heavy (non-hydrogen) atoms. The van der Waals surface area contributed by atoms with Crippen LogP contribution in [0, 0.1) is 0 Å². The van der Waals surface area contributed by atoms with Gasteiger partial charge in [-0.25, -0.2) is 4.79 Å². The second-order valence-electron chi connectivity index (χ2n) is 5.91. The summed E-state index contributed by atoms with van der Waals surface area (Å²) in [6.07, 6.45) is 3.73. The molecule has 0 aliphatic carbocycles. The van der Waals surface area contributed by atoms with E-state index in [0.717, 1.165) is 11.1 Å². The van der Waals surface area contributed by atoms with E-state index in [0.29, 0.717) is 18.7 Å². The summed E-state index contributed by atoms with van der Waals surface area (Å²) < 4.78 is 5.19. The molecule has 0 aromatic heterocycles. The van der Waals surface area contributed by atoms with Crippen molar-refractivity contribution in [1.82, 2.24) is 5.32 Å². The number of nitrogens with one attached hydrogen (secondary N) is 1. The maximum Gasteiger partial charge on any atom is 0.407 e. The lowest BCUT2D eigenvalue weighted by molar-refractivity contribution is 0.0528. The molecule has 0 aliphatic rings. The van der Waals surface area contributed by atoms with E-state index in [1.54, 1.807) is 19.3 Å². The molecule has 0 bridgehead atoms. The average molecular weight is 303 g/mol. The molecule has 1 amide bonds. The van der Waals surface area contributed by atoms with Crippen molar-refractivity contribution in [2.75, 3.05) is 13.6 Å². The van der Waals surface area contributed by atoms with Crippen molar-refractivity contribution in [3.8, 4) is 0 Å². The topological polar surface area (TPSA) is 76.7 Å². The van der Waals surface area contributed by atoms with Crippen LogP contribution in [0.1, 0.15) is 31.9 Å². The highest BCUT2D eigenvalue weighted by Gasteiger charge is 2.15. The van der Waals surface area contributed by atoms with Crippen molar-refractivity contribution >= 4 is 18.0 Å². The molecule has 0 saturated heterocycles. The van der Waals surface area contributed by atoms with E-state index < -0.39 is 11.7 Å². The van der Waals surface area contributed by atoms with E-state index in [1.807, 2.05) is 45.0 Å². The minimum atomic E-state index is -0.482. The zero-order valence-corrected chi connectivity index (χ0v) is 13.7. The van der Waals surface area contributed by atoms with Crippen LogP contribution < -0.4 is 11.1 Å². The summed E-state index contributed by atoms with van der Waals surface area (Å²) >= 11 is 0. The van der Waals surface area contributed by atoms with Crippen molar-refractivity contribution in [2.24, 2.45) is 10.7 Å². The fraction of sp³-hybridized carbons (Fsp3) is 0.412. The number of ether oxygens (including phenoxy) is 1. The number of amides is 1. The third-order valence-corrected chi connectivity index (χ3v) is 2.75. The van der Waals surface area contributed by atoms with E-state index in [1.165, 1.54) is 0 Å². The van der Waals surface area contributed by atoms with Crippen LogP contribution in [0.25, 0.3) is 5.70 Å². The molecular formula is C17H25N3O2. The lowest BCUT2D eigenvalue weighted by atomic mass is 10.1. The Hall–Kier alpha value is -2.30. The molecule has 0 radical (unpaired) electrons.